The number of piperidine rings is 1. The molecular formula is C10H21N3O. The normalized spacial score (nSPS) is 24.7. The Balaban J connectivity index is 2.73. The van der Waals surface area contributed by atoms with E-state index in [0.717, 1.165) is 6.54 Å². The molecule has 0 aromatic heterocycles. The van der Waals surface area contributed by atoms with Crippen LogP contribution in [0.2, 0.25) is 0 Å². The molecule has 1 aliphatic rings. The van der Waals surface area contributed by atoms with Gasteiger partial charge in [0.1, 0.15) is 0 Å². The van der Waals surface area contributed by atoms with E-state index in [-0.39, 0.29) is 5.91 Å². The van der Waals surface area contributed by atoms with Crippen molar-refractivity contribution >= 4 is 5.91 Å². The zero-order valence-corrected chi connectivity index (χ0v) is 9.34. The van der Waals surface area contributed by atoms with Crippen LogP contribution in [-0.4, -0.2) is 28.9 Å². The number of carbonyl (C=O) groups excluding carboxylic acids is 1. The molecule has 0 aliphatic carbocycles. The van der Waals surface area contributed by atoms with Gasteiger partial charge in [0, 0.05) is 6.04 Å². The van der Waals surface area contributed by atoms with Gasteiger partial charge in [0.05, 0.1) is 5.54 Å². The summed E-state index contributed by atoms with van der Waals surface area (Å²) in [4.78, 5) is 13.8. The van der Waals surface area contributed by atoms with E-state index in [0.29, 0.717) is 6.04 Å². The zero-order chi connectivity index (χ0) is 10.8. The number of carbonyl (C=O) groups is 1. The van der Waals surface area contributed by atoms with Crippen molar-refractivity contribution in [3.63, 3.8) is 0 Å². The van der Waals surface area contributed by atoms with Gasteiger partial charge in [-0.25, -0.2) is 5.84 Å². The Kier molecular flexibility index (Phi) is 3.50. The van der Waals surface area contributed by atoms with Crippen LogP contribution in [0, 0.1) is 0 Å². The van der Waals surface area contributed by atoms with Gasteiger partial charge < -0.3 is 0 Å². The minimum Gasteiger partial charge on any atom is -0.293 e. The summed E-state index contributed by atoms with van der Waals surface area (Å²) in [6.07, 6.45) is 3.60. The van der Waals surface area contributed by atoms with Crippen molar-refractivity contribution in [3.8, 4) is 0 Å². The highest BCUT2D eigenvalue weighted by atomic mass is 16.2. The molecular weight excluding hydrogens is 178 g/mol. The summed E-state index contributed by atoms with van der Waals surface area (Å²) in [5.74, 6) is 5.08. The molecule has 1 atom stereocenters. The van der Waals surface area contributed by atoms with E-state index in [1.54, 1.807) is 0 Å². The summed E-state index contributed by atoms with van der Waals surface area (Å²) in [6, 6.07) is 0.469. The van der Waals surface area contributed by atoms with E-state index in [1.807, 2.05) is 13.8 Å². The first-order valence-corrected chi connectivity index (χ1v) is 5.28. The van der Waals surface area contributed by atoms with Crippen molar-refractivity contribution in [1.82, 2.24) is 10.3 Å². The maximum absolute atomic E-state index is 11.6. The van der Waals surface area contributed by atoms with Gasteiger partial charge in [-0.1, -0.05) is 6.42 Å². The molecule has 0 unspecified atom stereocenters. The topological polar surface area (TPSA) is 58.4 Å². The number of nitrogens with one attached hydrogen (secondary N) is 1. The fraction of sp³-hybridized carbons (Fsp3) is 0.900. The lowest BCUT2D eigenvalue weighted by atomic mass is 9.93. The highest BCUT2D eigenvalue weighted by molar-refractivity contribution is 5.84. The molecule has 4 nitrogen and oxygen atoms in total. The molecule has 0 aromatic rings. The van der Waals surface area contributed by atoms with Gasteiger partial charge in [-0.05, 0) is 40.2 Å². The van der Waals surface area contributed by atoms with Crippen molar-refractivity contribution in [1.29, 1.82) is 0 Å². The van der Waals surface area contributed by atoms with Crippen LogP contribution in [0.15, 0.2) is 0 Å². The van der Waals surface area contributed by atoms with E-state index >= 15 is 0 Å². The van der Waals surface area contributed by atoms with Crippen LogP contribution < -0.4 is 11.3 Å². The first kappa shape index (κ1) is 11.5. The second kappa shape index (κ2) is 4.28. The van der Waals surface area contributed by atoms with Gasteiger partial charge in [0.15, 0.2) is 0 Å². The quantitative estimate of drug-likeness (QED) is 0.389. The van der Waals surface area contributed by atoms with E-state index < -0.39 is 5.54 Å². The summed E-state index contributed by atoms with van der Waals surface area (Å²) in [5, 5.41) is 0. The van der Waals surface area contributed by atoms with E-state index in [4.69, 9.17) is 5.84 Å². The van der Waals surface area contributed by atoms with Crippen LogP contribution >= 0.6 is 0 Å². The molecule has 1 amide bonds. The molecule has 1 aliphatic heterocycles. The second-order valence-corrected chi connectivity index (χ2v) is 4.57. The fourth-order valence-electron chi connectivity index (χ4n) is 2.24. The largest absolute Gasteiger partial charge is 0.293 e. The monoisotopic (exact) mass is 199 g/mol. The average Bonchev–Trinajstić information content (AvgIpc) is 2.17. The SMILES string of the molecule is C[C@@H]1CCCCN1C(C)(C)C(=O)NN. The Bertz CT molecular complexity index is 215. The Morgan fingerprint density at radius 3 is 2.64 bits per heavy atom. The van der Waals surface area contributed by atoms with E-state index in [9.17, 15) is 4.79 Å². The third kappa shape index (κ3) is 2.07. The molecule has 3 N–H and O–H groups in total. The lowest BCUT2D eigenvalue weighted by Crippen LogP contribution is -2.60. The standard InChI is InChI=1S/C10H21N3O/c1-8-6-4-5-7-13(8)10(2,3)9(14)12-11/h8H,4-7,11H2,1-3H3,(H,12,14)/t8-/m1/s1. The van der Waals surface area contributed by atoms with Gasteiger partial charge in [-0.3, -0.25) is 15.1 Å². The van der Waals surface area contributed by atoms with E-state index in [2.05, 4.69) is 17.2 Å². The number of nitrogens with zero attached hydrogens (tertiary/aromatic N) is 1. The van der Waals surface area contributed by atoms with Gasteiger partial charge >= 0.3 is 0 Å². The molecule has 0 bridgehead atoms. The summed E-state index contributed by atoms with van der Waals surface area (Å²) in [6.45, 7) is 7.01. The summed E-state index contributed by atoms with van der Waals surface area (Å²) >= 11 is 0. The summed E-state index contributed by atoms with van der Waals surface area (Å²) < 4.78 is 0. The number of amides is 1. The molecule has 1 saturated heterocycles. The van der Waals surface area contributed by atoms with Crippen LogP contribution in [0.25, 0.3) is 0 Å². The summed E-state index contributed by atoms with van der Waals surface area (Å²) in [5.41, 5.74) is 1.75. The van der Waals surface area contributed by atoms with Crippen LogP contribution in [-0.2, 0) is 4.79 Å². The molecule has 4 heteroatoms. The Hall–Kier alpha value is -0.610. The molecule has 1 rings (SSSR count). The Morgan fingerprint density at radius 1 is 1.50 bits per heavy atom. The van der Waals surface area contributed by atoms with Gasteiger partial charge in [-0.2, -0.15) is 0 Å². The molecule has 0 aromatic carbocycles. The number of hydrogen-bond donors (Lipinski definition) is 2. The lowest BCUT2D eigenvalue weighted by molar-refractivity contribution is -0.134. The minimum atomic E-state index is -0.491. The van der Waals surface area contributed by atoms with Crippen LogP contribution in [0.1, 0.15) is 40.0 Å². The molecule has 14 heavy (non-hydrogen) atoms. The molecule has 82 valence electrons. The number of hydrogen-bond acceptors (Lipinski definition) is 3. The van der Waals surface area contributed by atoms with Crippen molar-refractivity contribution < 1.29 is 4.79 Å². The van der Waals surface area contributed by atoms with Crippen LogP contribution in [0.3, 0.4) is 0 Å². The smallest absolute Gasteiger partial charge is 0.253 e. The van der Waals surface area contributed by atoms with Crippen molar-refractivity contribution in [3.05, 3.63) is 0 Å². The predicted octanol–water partition coefficient (Wildman–Crippen LogP) is 0.629. The van der Waals surface area contributed by atoms with Gasteiger partial charge in [-0.15, -0.1) is 0 Å². The molecule has 1 heterocycles. The number of nitrogens with two attached hydrogens (primary N) is 1. The number of likely N-dealkylation sites (tertiary alicyclic amines) is 1. The zero-order valence-electron chi connectivity index (χ0n) is 9.34. The highest BCUT2D eigenvalue weighted by Gasteiger charge is 2.37. The van der Waals surface area contributed by atoms with Crippen molar-refractivity contribution in [2.75, 3.05) is 6.54 Å². The molecule has 0 radical (unpaired) electrons. The van der Waals surface area contributed by atoms with Gasteiger partial charge in [0.25, 0.3) is 5.91 Å². The first-order valence-electron chi connectivity index (χ1n) is 5.28. The van der Waals surface area contributed by atoms with Crippen LogP contribution in [0.4, 0.5) is 0 Å². The Labute approximate surface area is 85.8 Å². The average molecular weight is 199 g/mol. The third-order valence-electron chi connectivity index (χ3n) is 3.21. The maximum atomic E-state index is 11.6. The lowest BCUT2D eigenvalue weighted by Gasteiger charge is -2.43. The number of hydrazine groups is 1. The number of rotatable bonds is 2. The predicted molar refractivity (Wildman–Crippen MR) is 56.4 cm³/mol. The van der Waals surface area contributed by atoms with Crippen molar-refractivity contribution in [2.45, 2.75) is 51.6 Å². The first-order chi connectivity index (χ1) is 6.50. The van der Waals surface area contributed by atoms with Gasteiger partial charge in [0.2, 0.25) is 0 Å². The molecule has 0 spiro atoms. The second-order valence-electron chi connectivity index (χ2n) is 4.57. The van der Waals surface area contributed by atoms with Crippen molar-refractivity contribution in [2.24, 2.45) is 5.84 Å². The Morgan fingerprint density at radius 2 is 2.14 bits per heavy atom. The summed E-state index contributed by atoms with van der Waals surface area (Å²) in [7, 11) is 0. The fourth-order valence-corrected chi connectivity index (χ4v) is 2.24. The maximum Gasteiger partial charge on any atom is 0.253 e. The third-order valence-corrected chi connectivity index (χ3v) is 3.21. The molecule has 1 fully saturated rings. The van der Waals surface area contributed by atoms with Crippen LogP contribution in [0.5, 0.6) is 0 Å². The minimum absolute atomic E-state index is 0.105. The molecule has 0 saturated carbocycles. The highest BCUT2D eigenvalue weighted by Crippen LogP contribution is 2.25. The van der Waals surface area contributed by atoms with E-state index in [1.165, 1.54) is 19.3 Å².